The first kappa shape index (κ1) is 18.4. The lowest BCUT2D eigenvalue weighted by molar-refractivity contribution is 0.0986. The van der Waals surface area contributed by atoms with Crippen molar-refractivity contribution in [3.8, 4) is 0 Å². The van der Waals surface area contributed by atoms with Crippen molar-refractivity contribution >= 4 is 43.4 Å². The van der Waals surface area contributed by atoms with E-state index in [1.165, 1.54) is 23.5 Å². The van der Waals surface area contributed by atoms with Gasteiger partial charge in [-0.3, -0.25) is 14.7 Å². The largest absolute Gasteiger partial charge is 0.279 e. The molecule has 0 radical (unpaired) electrons. The number of anilines is 1. The van der Waals surface area contributed by atoms with Crippen LogP contribution in [0.25, 0.3) is 21.0 Å². The molecule has 30 heavy (non-hydrogen) atoms. The minimum Gasteiger partial charge on any atom is -0.279 e. The number of benzene rings is 3. The van der Waals surface area contributed by atoms with Gasteiger partial charge in [0.15, 0.2) is 5.13 Å². The Labute approximate surface area is 176 Å². The lowest BCUT2D eigenvalue weighted by Gasteiger charge is -2.21. The number of hydrogen-bond acceptors (Lipinski definition) is 4. The lowest BCUT2D eigenvalue weighted by Crippen LogP contribution is -2.30. The second-order valence-corrected chi connectivity index (χ2v) is 7.90. The highest BCUT2D eigenvalue weighted by molar-refractivity contribution is 7.22. The SMILES string of the molecule is O=C(c1cccc2ccccc12)N(Cc1cccnc1)c1nc2ccc(F)cc2s1. The summed E-state index contributed by atoms with van der Waals surface area (Å²) in [7, 11) is 0. The van der Waals surface area contributed by atoms with Gasteiger partial charge in [0, 0.05) is 18.0 Å². The van der Waals surface area contributed by atoms with Crippen LogP contribution >= 0.6 is 11.3 Å². The molecule has 0 spiro atoms. The van der Waals surface area contributed by atoms with Crippen LogP contribution in [-0.2, 0) is 6.54 Å². The van der Waals surface area contributed by atoms with Gasteiger partial charge in [0.05, 0.1) is 16.8 Å². The summed E-state index contributed by atoms with van der Waals surface area (Å²) < 4.78 is 14.4. The zero-order chi connectivity index (χ0) is 20.5. The van der Waals surface area contributed by atoms with Crippen LogP contribution < -0.4 is 4.90 Å². The van der Waals surface area contributed by atoms with Crippen LogP contribution in [0.2, 0.25) is 0 Å². The lowest BCUT2D eigenvalue weighted by atomic mass is 10.0. The van der Waals surface area contributed by atoms with Crippen molar-refractivity contribution in [1.82, 2.24) is 9.97 Å². The van der Waals surface area contributed by atoms with Crippen LogP contribution in [0, 0.1) is 5.82 Å². The summed E-state index contributed by atoms with van der Waals surface area (Å²) in [5, 5.41) is 2.40. The van der Waals surface area contributed by atoms with Gasteiger partial charge < -0.3 is 0 Å². The van der Waals surface area contributed by atoms with Crippen LogP contribution in [-0.4, -0.2) is 15.9 Å². The fraction of sp³-hybridized carbons (Fsp3) is 0.0417. The molecule has 0 unspecified atom stereocenters. The van der Waals surface area contributed by atoms with E-state index in [1.54, 1.807) is 23.4 Å². The first-order chi connectivity index (χ1) is 14.7. The molecular weight excluding hydrogens is 397 g/mol. The number of fused-ring (bicyclic) bond motifs is 2. The van der Waals surface area contributed by atoms with E-state index in [0.717, 1.165) is 16.3 Å². The number of hydrogen-bond donors (Lipinski definition) is 0. The third-order valence-corrected chi connectivity index (χ3v) is 5.94. The predicted molar refractivity (Wildman–Crippen MR) is 118 cm³/mol. The van der Waals surface area contributed by atoms with Crippen molar-refractivity contribution in [2.75, 3.05) is 4.90 Å². The average molecular weight is 413 g/mol. The topological polar surface area (TPSA) is 46.1 Å². The summed E-state index contributed by atoms with van der Waals surface area (Å²) in [6.45, 7) is 0.318. The first-order valence-corrected chi connectivity index (χ1v) is 10.3. The minimum atomic E-state index is -0.322. The van der Waals surface area contributed by atoms with Crippen LogP contribution in [0.5, 0.6) is 0 Å². The summed E-state index contributed by atoms with van der Waals surface area (Å²) in [6, 6.07) is 21.7. The molecular formula is C24H16FN3OS. The maximum Gasteiger partial charge on any atom is 0.261 e. The highest BCUT2D eigenvalue weighted by Gasteiger charge is 2.23. The van der Waals surface area contributed by atoms with E-state index in [-0.39, 0.29) is 11.7 Å². The summed E-state index contributed by atoms with van der Waals surface area (Å²) in [4.78, 5) is 24.1. The highest BCUT2D eigenvalue weighted by Crippen LogP contribution is 2.32. The van der Waals surface area contributed by atoms with Crippen molar-refractivity contribution < 1.29 is 9.18 Å². The molecule has 0 saturated carbocycles. The van der Waals surface area contributed by atoms with Gasteiger partial charge in [-0.15, -0.1) is 0 Å². The molecule has 1 amide bonds. The Hall–Kier alpha value is -3.64. The molecule has 0 fully saturated rings. The van der Waals surface area contributed by atoms with Crippen LogP contribution in [0.1, 0.15) is 15.9 Å². The average Bonchev–Trinajstić information content (AvgIpc) is 3.20. The molecule has 0 atom stereocenters. The summed E-state index contributed by atoms with van der Waals surface area (Å²) in [6.07, 6.45) is 3.43. The molecule has 0 saturated heterocycles. The smallest absolute Gasteiger partial charge is 0.261 e. The fourth-order valence-corrected chi connectivity index (χ4v) is 4.45. The zero-order valence-electron chi connectivity index (χ0n) is 15.8. The Kier molecular flexibility index (Phi) is 4.69. The Morgan fingerprint density at radius 2 is 1.87 bits per heavy atom. The maximum atomic E-state index is 13.7. The quantitative estimate of drug-likeness (QED) is 0.372. The van der Waals surface area contributed by atoms with E-state index < -0.39 is 0 Å². The van der Waals surface area contributed by atoms with Gasteiger partial charge in [0.2, 0.25) is 0 Å². The molecule has 2 heterocycles. The van der Waals surface area contributed by atoms with Crippen molar-refractivity contribution in [3.05, 3.63) is 102 Å². The number of carbonyl (C=O) groups excluding carboxylic acids is 1. The number of rotatable bonds is 4. The predicted octanol–water partition coefficient (Wildman–Crippen LogP) is 5.83. The van der Waals surface area contributed by atoms with Gasteiger partial charge in [-0.1, -0.05) is 53.8 Å². The summed E-state index contributed by atoms with van der Waals surface area (Å²) >= 11 is 1.30. The van der Waals surface area contributed by atoms with Gasteiger partial charge in [-0.25, -0.2) is 9.37 Å². The van der Waals surface area contributed by atoms with Gasteiger partial charge in [-0.2, -0.15) is 0 Å². The second kappa shape index (κ2) is 7.65. The zero-order valence-corrected chi connectivity index (χ0v) is 16.6. The van der Waals surface area contributed by atoms with Crippen molar-refractivity contribution in [2.45, 2.75) is 6.54 Å². The first-order valence-electron chi connectivity index (χ1n) is 9.44. The third kappa shape index (κ3) is 3.42. The van der Waals surface area contributed by atoms with E-state index in [1.807, 2.05) is 54.6 Å². The molecule has 0 aliphatic heterocycles. The number of carbonyl (C=O) groups is 1. The molecule has 4 nitrogen and oxygen atoms in total. The van der Waals surface area contributed by atoms with Gasteiger partial charge >= 0.3 is 0 Å². The van der Waals surface area contributed by atoms with Gasteiger partial charge in [0.1, 0.15) is 5.82 Å². The second-order valence-electron chi connectivity index (χ2n) is 6.89. The van der Waals surface area contributed by atoms with Gasteiger partial charge in [0.25, 0.3) is 5.91 Å². The minimum absolute atomic E-state index is 0.157. The van der Waals surface area contributed by atoms with E-state index in [2.05, 4.69) is 9.97 Å². The number of halogens is 1. The molecule has 5 aromatic rings. The molecule has 0 aliphatic rings. The maximum absolute atomic E-state index is 13.7. The van der Waals surface area contributed by atoms with E-state index >= 15 is 0 Å². The van der Waals surface area contributed by atoms with Crippen molar-refractivity contribution in [3.63, 3.8) is 0 Å². The van der Waals surface area contributed by atoms with Crippen molar-refractivity contribution in [1.29, 1.82) is 0 Å². The molecule has 0 N–H and O–H groups in total. The molecule has 2 aromatic heterocycles. The Morgan fingerprint density at radius 3 is 2.73 bits per heavy atom. The molecule has 5 rings (SSSR count). The Morgan fingerprint density at radius 1 is 1.00 bits per heavy atom. The molecule has 3 aromatic carbocycles. The Balaban J connectivity index is 1.63. The number of aromatic nitrogens is 2. The molecule has 0 aliphatic carbocycles. The highest BCUT2D eigenvalue weighted by atomic mass is 32.1. The monoisotopic (exact) mass is 413 g/mol. The number of thiazole rings is 1. The Bertz CT molecular complexity index is 1360. The van der Waals surface area contributed by atoms with E-state index in [9.17, 15) is 9.18 Å². The van der Waals surface area contributed by atoms with Crippen LogP contribution in [0.3, 0.4) is 0 Å². The summed E-state index contributed by atoms with van der Waals surface area (Å²) in [5.41, 5.74) is 2.15. The standard InChI is InChI=1S/C24H16FN3OS/c25-18-10-11-21-22(13-18)30-24(27-21)28(15-16-5-4-12-26-14-16)23(29)20-9-3-7-17-6-1-2-8-19(17)20/h1-14H,15H2. The third-order valence-electron chi connectivity index (χ3n) is 4.90. The van der Waals surface area contributed by atoms with E-state index in [4.69, 9.17) is 0 Å². The summed E-state index contributed by atoms with van der Waals surface area (Å²) in [5.74, 6) is -0.480. The normalized spacial score (nSPS) is 11.1. The molecule has 0 bridgehead atoms. The van der Waals surface area contributed by atoms with Crippen molar-refractivity contribution in [2.24, 2.45) is 0 Å². The van der Waals surface area contributed by atoms with E-state index in [0.29, 0.717) is 27.5 Å². The van der Waals surface area contributed by atoms with Gasteiger partial charge in [-0.05, 0) is 46.7 Å². The molecule has 146 valence electrons. The number of amides is 1. The molecule has 6 heteroatoms. The number of pyridine rings is 1. The number of nitrogens with zero attached hydrogens (tertiary/aromatic N) is 3. The fourth-order valence-electron chi connectivity index (χ4n) is 3.46. The van der Waals surface area contributed by atoms with Crippen LogP contribution in [0.15, 0.2) is 85.2 Å². The van der Waals surface area contributed by atoms with Crippen LogP contribution in [0.4, 0.5) is 9.52 Å².